The van der Waals surface area contributed by atoms with E-state index in [4.69, 9.17) is 0 Å². The van der Waals surface area contributed by atoms with Crippen LogP contribution in [0.3, 0.4) is 0 Å². The molecule has 146 valence electrons. The Balaban J connectivity index is 1.59. The number of pyridine rings is 1. The Morgan fingerprint density at radius 2 is 1.82 bits per heavy atom. The topological polar surface area (TPSA) is 53.4 Å². The van der Waals surface area contributed by atoms with Gasteiger partial charge in [0.25, 0.3) is 0 Å². The van der Waals surface area contributed by atoms with Gasteiger partial charge in [-0.1, -0.05) is 18.2 Å². The zero-order valence-corrected chi connectivity index (χ0v) is 16.4. The number of carboxylic acid groups (broad SMARTS) is 1. The van der Waals surface area contributed by atoms with Crippen LogP contribution in [0.25, 0.3) is 0 Å². The predicted molar refractivity (Wildman–Crippen MR) is 110 cm³/mol. The highest BCUT2D eigenvalue weighted by molar-refractivity contribution is 8.03. The molecule has 1 aromatic carbocycles. The minimum absolute atomic E-state index is 0.229. The van der Waals surface area contributed by atoms with Gasteiger partial charge < -0.3 is 10.0 Å². The van der Waals surface area contributed by atoms with Crippen molar-refractivity contribution in [2.75, 3.05) is 18.8 Å². The van der Waals surface area contributed by atoms with Crippen LogP contribution in [-0.4, -0.2) is 39.8 Å². The fourth-order valence-electron chi connectivity index (χ4n) is 3.06. The Bertz CT molecular complexity index is 851. The van der Waals surface area contributed by atoms with Crippen molar-refractivity contribution in [1.29, 1.82) is 0 Å². The zero-order valence-electron chi connectivity index (χ0n) is 15.6. The van der Waals surface area contributed by atoms with Gasteiger partial charge in [-0.3, -0.25) is 4.98 Å². The molecule has 3 rings (SSSR count). The minimum atomic E-state index is -0.897. The first-order valence-corrected chi connectivity index (χ1v) is 10.3. The van der Waals surface area contributed by atoms with Crippen LogP contribution in [0.2, 0.25) is 0 Å². The summed E-state index contributed by atoms with van der Waals surface area (Å²) in [4.78, 5) is 17.8. The van der Waals surface area contributed by atoms with Gasteiger partial charge in [0.15, 0.2) is 0 Å². The van der Waals surface area contributed by atoms with E-state index in [1.165, 1.54) is 17.7 Å². The highest BCUT2D eigenvalue weighted by Gasteiger charge is 2.21. The lowest BCUT2D eigenvalue weighted by atomic mass is 10.1. The van der Waals surface area contributed by atoms with Gasteiger partial charge in [-0.15, -0.1) is 11.8 Å². The van der Waals surface area contributed by atoms with E-state index >= 15 is 0 Å². The molecule has 0 aliphatic carbocycles. The number of halogens is 1. The van der Waals surface area contributed by atoms with E-state index in [1.807, 2.05) is 18.2 Å². The van der Waals surface area contributed by atoms with Crippen LogP contribution in [0.4, 0.5) is 4.39 Å². The summed E-state index contributed by atoms with van der Waals surface area (Å²) in [5.41, 5.74) is 2.63. The van der Waals surface area contributed by atoms with Crippen molar-refractivity contribution < 1.29 is 14.3 Å². The number of aliphatic carboxylic acids is 1. The first-order chi connectivity index (χ1) is 13.6. The number of thioether (sulfide) groups is 1. The molecule has 0 atom stereocenters. The Morgan fingerprint density at radius 3 is 2.54 bits per heavy atom. The molecule has 1 aliphatic rings. The molecule has 1 aliphatic heterocycles. The molecule has 0 bridgehead atoms. The molecule has 0 unspecified atom stereocenters. The highest BCUT2D eigenvalue weighted by Crippen LogP contribution is 2.29. The molecule has 6 heteroatoms. The molecular weight excluding hydrogens is 375 g/mol. The van der Waals surface area contributed by atoms with E-state index in [9.17, 15) is 14.3 Å². The molecule has 4 nitrogen and oxygen atoms in total. The van der Waals surface area contributed by atoms with Crippen LogP contribution in [0.5, 0.6) is 0 Å². The number of hydrogen-bond acceptors (Lipinski definition) is 4. The van der Waals surface area contributed by atoms with Crippen molar-refractivity contribution in [3.8, 4) is 0 Å². The Labute approximate surface area is 168 Å². The van der Waals surface area contributed by atoms with Crippen LogP contribution < -0.4 is 0 Å². The Kier molecular flexibility index (Phi) is 7.25. The average molecular weight is 399 g/mol. The molecule has 1 N–H and O–H groups in total. The van der Waals surface area contributed by atoms with Crippen molar-refractivity contribution in [3.05, 3.63) is 88.5 Å². The summed E-state index contributed by atoms with van der Waals surface area (Å²) < 4.78 is 13.0. The molecule has 0 saturated carbocycles. The Hall–Kier alpha value is -2.60. The van der Waals surface area contributed by atoms with E-state index in [1.54, 1.807) is 42.4 Å². The van der Waals surface area contributed by atoms with Gasteiger partial charge in [0.2, 0.25) is 0 Å². The first-order valence-electron chi connectivity index (χ1n) is 9.28. The lowest BCUT2D eigenvalue weighted by Crippen LogP contribution is -2.29. The maximum absolute atomic E-state index is 13.0. The van der Waals surface area contributed by atoms with Crippen LogP contribution in [-0.2, 0) is 17.6 Å². The average Bonchev–Trinajstić information content (AvgIpc) is 2.72. The van der Waals surface area contributed by atoms with Gasteiger partial charge in [0, 0.05) is 25.5 Å². The largest absolute Gasteiger partial charge is 0.478 e. The second-order valence-electron chi connectivity index (χ2n) is 6.56. The van der Waals surface area contributed by atoms with Crippen molar-refractivity contribution in [2.24, 2.45) is 0 Å². The number of aryl methyl sites for hydroxylation is 1. The molecule has 2 heterocycles. The lowest BCUT2D eigenvalue weighted by Gasteiger charge is -2.29. The van der Waals surface area contributed by atoms with Crippen molar-refractivity contribution in [1.82, 2.24) is 9.88 Å². The molecule has 0 fully saturated rings. The monoisotopic (exact) mass is 398 g/mol. The number of carbonyl (C=O) groups is 1. The van der Waals surface area contributed by atoms with Gasteiger partial charge in [-0.05, 0) is 66.5 Å². The van der Waals surface area contributed by atoms with Crippen LogP contribution in [0.1, 0.15) is 17.5 Å². The summed E-state index contributed by atoms with van der Waals surface area (Å²) in [5.74, 6) is -0.317. The predicted octanol–water partition coefficient (Wildman–Crippen LogP) is 4.30. The quantitative estimate of drug-likeness (QED) is 0.639. The number of hydrogen-bond donors (Lipinski definition) is 1. The third-order valence-corrected chi connectivity index (χ3v) is 5.78. The fraction of sp³-hybridized carbons (Fsp3) is 0.273. The summed E-state index contributed by atoms with van der Waals surface area (Å²) >= 11 is 1.59. The second kappa shape index (κ2) is 10.1. The molecule has 1 aromatic heterocycles. The van der Waals surface area contributed by atoms with E-state index in [-0.39, 0.29) is 5.82 Å². The molecule has 0 amide bonds. The molecular formula is C22H23FN2O2S. The van der Waals surface area contributed by atoms with Gasteiger partial charge in [-0.25, -0.2) is 9.18 Å². The number of rotatable bonds is 9. The van der Waals surface area contributed by atoms with Crippen molar-refractivity contribution in [2.45, 2.75) is 19.3 Å². The Morgan fingerprint density at radius 1 is 1.11 bits per heavy atom. The van der Waals surface area contributed by atoms with Crippen LogP contribution >= 0.6 is 11.8 Å². The summed E-state index contributed by atoms with van der Waals surface area (Å²) in [5, 5.41) is 10.4. The first kappa shape index (κ1) is 20.1. The maximum atomic E-state index is 13.0. The summed E-state index contributed by atoms with van der Waals surface area (Å²) in [6.45, 7) is 1.47. The van der Waals surface area contributed by atoms with Gasteiger partial charge in [0.1, 0.15) is 5.82 Å². The SMILES string of the molecule is O=C(O)C1=C(SCCCc2ccc(F)cc2)N(CCc2ccncc2)CC=C1. The van der Waals surface area contributed by atoms with Crippen LogP contribution in [0.15, 0.2) is 71.5 Å². The highest BCUT2D eigenvalue weighted by atomic mass is 32.2. The molecule has 2 aromatic rings. The number of nitrogens with zero attached hydrogens (tertiary/aromatic N) is 2. The van der Waals surface area contributed by atoms with E-state index in [0.717, 1.165) is 42.2 Å². The van der Waals surface area contributed by atoms with Crippen LogP contribution in [0, 0.1) is 5.82 Å². The standard InChI is InChI=1S/C22H23FN2O2S/c23-19-7-5-17(6-8-19)3-2-16-28-21-20(22(26)27)4-1-14-25(21)15-11-18-9-12-24-13-10-18/h1,4-10,12-13H,2-3,11,14-16H2,(H,26,27). The van der Waals surface area contributed by atoms with E-state index in [2.05, 4.69) is 9.88 Å². The summed E-state index contributed by atoms with van der Waals surface area (Å²) in [6, 6.07) is 10.5. The normalized spacial score (nSPS) is 13.8. The van der Waals surface area contributed by atoms with E-state index in [0.29, 0.717) is 12.1 Å². The maximum Gasteiger partial charge on any atom is 0.338 e. The second-order valence-corrected chi connectivity index (χ2v) is 7.64. The van der Waals surface area contributed by atoms with Gasteiger partial charge in [0.05, 0.1) is 10.6 Å². The molecule has 0 radical (unpaired) electrons. The third kappa shape index (κ3) is 5.70. The smallest absolute Gasteiger partial charge is 0.338 e. The lowest BCUT2D eigenvalue weighted by molar-refractivity contribution is -0.132. The molecule has 28 heavy (non-hydrogen) atoms. The van der Waals surface area contributed by atoms with Crippen molar-refractivity contribution in [3.63, 3.8) is 0 Å². The zero-order chi connectivity index (χ0) is 19.8. The summed E-state index contributed by atoms with van der Waals surface area (Å²) in [7, 11) is 0. The van der Waals surface area contributed by atoms with Gasteiger partial charge >= 0.3 is 5.97 Å². The number of aromatic nitrogens is 1. The third-order valence-electron chi connectivity index (χ3n) is 4.54. The minimum Gasteiger partial charge on any atom is -0.478 e. The van der Waals surface area contributed by atoms with Crippen molar-refractivity contribution >= 4 is 17.7 Å². The molecule has 0 saturated heterocycles. The van der Waals surface area contributed by atoms with E-state index < -0.39 is 5.97 Å². The molecule has 0 spiro atoms. The number of carboxylic acids is 1. The number of benzene rings is 1. The fourth-order valence-corrected chi connectivity index (χ4v) is 4.20. The van der Waals surface area contributed by atoms with Gasteiger partial charge in [-0.2, -0.15) is 0 Å². The summed E-state index contributed by atoms with van der Waals surface area (Å²) in [6.07, 6.45) is 9.73.